The summed E-state index contributed by atoms with van der Waals surface area (Å²) in [4.78, 5) is 10.2. The molecule has 120 valence electrons. The van der Waals surface area contributed by atoms with Crippen molar-refractivity contribution in [2.75, 3.05) is 13.2 Å². The fourth-order valence-corrected chi connectivity index (χ4v) is 2.27. The Morgan fingerprint density at radius 1 is 1.00 bits per heavy atom. The quantitative estimate of drug-likeness (QED) is 0.325. The van der Waals surface area contributed by atoms with Gasteiger partial charge in [-0.25, -0.2) is 0 Å². The molecule has 1 unspecified atom stereocenters. The van der Waals surface area contributed by atoms with Gasteiger partial charge in [-0.15, -0.1) is 0 Å². The third-order valence-electron chi connectivity index (χ3n) is 3.52. The number of hydrogen-bond donors (Lipinski definition) is 1. The Morgan fingerprint density at radius 2 is 1.48 bits per heavy atom. The summed E-state index contributed by atoms with van der Waals surface area (Å²) in [7, 11) is 0. The second-order valence-corrected chi connectivity index (χ2v) is 5.46. The molecule has 4 nitrogen and oxygen atoms in total. The maximum Gasteiger partial charge on any atom is 1.00 e. The molecule has 0 aromatic carbocycles. The van der Waals surface area contributed by atoms with Gasteiger partial charge in [-0.3, -0.25) is 0 Å². The average molecular weight is 310 g/mol. The van der Waals surface area contributed by atoms with Crippen LogP contribution in [0.5, 0.6) is 0 Å². The summed E-state index contributed by atoms with van der Waals surface area (Å²) < 4.78 is 5.02. The Hall–Kier alpha value is 0.390. The van der Waals surface area contributed by atoms with E-state index in [1.807, 2.05) is 0 Å². The smallest absolute Gasteiger partial charge is 0.548 e. The molecule has 0 aromatic rings. The fraction of sp³-hybridized carbons (Fsp3) is 0.938. The summed E-state index contributed by atoms with van der Waals surface area (Å²) in [6.07, 6.45) is 13.0. The summed E-state index contributed by atoms with van der Waals surface area (Å²) in [5.41, 5.74) is 0. The van der Waals surface area contributed by atoms with Crippen molar-refractivity contribution < 1.29 is 49.3 Å². The number of carboxylic acid groups (broad SMARTS) is 1. The van der Waals surface area contributed by atoms with Crippen molar-refractivity contribution in [3.8, 4) is 0 Å². The van der Waals surface area contributed by atoms with Crippen molar-refractivity contribution in [2.24, 2.45) is 0 Å². The number of ether oxygens (including phenoxy) is 1. The molecular weight excluding hydrogens is 279 g/mol. The first-order valence-corrected chi connectivity index (χ1v) is 8.13. The summed E-state index contributed by atoms with van der Waals surface area (Å²) in [6, 6.07) is 0. The van der Waals surface area contributed by atoms with Gasteiger partial charge in [-0.05, 0) is 6.42 Å². The van der Waals surface area contributed by atoms with E-state index in [1.54, 1.807) is 0 Å². The number of carbonyl (C=O) groups is 1. The Bertz CT molecular complexity index is 224. The second-order valence-electron chi connectivity index (χ2n) is 5.46. The maximum atomic E-state index is 10.2. The number of carboxylic acids is 1. The van der Waals surface area contributed by atoms with Crippen molar-refractivity contribution >= 4 is 5.97 Å². The Kier molecular flexibility index (Phi) is 20.8. The molecule has 0 aliphatic carbocycles. The standard InChI is InChI=1S/C16H32O4.Na/c1-2-3-4-5-6-7-8-9-10-11-12-15(13-17)20-14-16(18)19;/h15,17H,2-14H2,1H3,(H,18,19);/q;+1/p-1. The van der Waals surface area contributed by atoms with Gasteiger partial charge in [-0.1, -0.05) is 71.1 Å². The van der Waals surface area contributed by atoms with E-state index < -0.39 is 12.6 Å². The van der Waals surface area contributed by atoms with Gasteiger partial charge in [0.25, 0.3) is 0 Å². The van der Waals surface area contributed by atoms with E-state index in [-0.39, 0.29) is 42.3 Å². The summed E-state index contributed by atoms with van der Waals surface area (Å²) in [6.45, 7) is 1.68. The molecule has 0 spiro atoms. The van der Waals surface area contributed by atoms with Gasteiger partial charge in [0.1, 0.15) is 0 Å². The second kappa shape index (κ2) is 18.4. The maximum absolute atomic E-state index is 10.2. The van der Waals surface area contributed by atoms with Crippen LogP contribution in [-0.2, 0) is 9.53 Å². The first-order valence-electron chi connectivity index (χ1n) is 8.13. The molecule has 0 amide bonds. The number of aliphatic hydroxyl groups excluding tert-OH is 1. The molecule has 0 aromatic heterocycles. The van der Waals surface area contributed by atoms with Crippen LogP contribution in [0.2, 0.25) is 0 Å². The molecule has 0 saturated carbocycles. The van der Waals surface area contributed by atoms with Gasteiger partial charge in [0, 0.05) is 0 Å². The van der Waals surface area contributed by atoms with Crippen molar-refractivity contribution in [3.63, 3.8) is 0 Å². The topological polar surface area (TPSA) is 69.6 Å². The Labute approximate surface area is 151 Å². The zero-order valence-electron chi connectivity index (χ0n) is 13.9. The summed E-state index contributed by atoms with van der Waals surface area (Å²) in [5.74, 6) is -1.23. The molecule has 5 heteroatoms. The molecular formula is C16H31NaO4. The SMILES string of the molecule is CCCCCCCCCCCCC(CO)OCC(=O)[O-].[Na+]. The number of rotatable bonds is 15. The minimum absolute atomic E-state index is 0. The zero-order chi connectivity index (χ0) is 15.1. The molecule has 0 aliphatic rings. The predicted molar refractivity (Wildman–Crippen MR) is 78.3 cm³/mol. The van der Waals surface area contributed by atoms with Gasteiger partial charge in [-0.2, -0.15) is 0 Å². The number of hydrogen-bond acceptors (Lipinski definition) is 4. The normalized spacial score (nSPS) is 11.9. The number of aliphatic carboxylic acids is 1. The van der Waals surface area contributed by atoms with Crippen molar-refractivity contribution in [2.45, 2.75) is 83.7 Å². The Morgan fingerprint density at radius 3 is 1.90 bits per heavy atom. The van der Waals surface area contributed by atoms with Crippen LogP contribution < -0.4 is 34.7 Å². The van der Waals surface area contributed by atoms with Crippen LogP contribution in [-0.4, -0.2) is 30.4 Å². The third-order valence-corrected chi connectivity index (χ3v) is 3.52. The van der Waals surface area contributed by atoms with Gasteiger partial charge < -0.3 is 19.7 Å². The van der Waals surface area contributed by atoms with E-state index in [2.05, 4.69) is 6.92 Å². The van der Waals surface area contributed by atoms with Crippen molar-refractivity contribution in [3.05, 3.63) is 0 Å². The van der Waals surface area contributed by atoms with Crippen LogP contribution in [0.4, 0.5) is 0 Å². The fourth-order valence-electron chi connectivity index (χ4n) is 2.27. The van der Waals surface area contributed by atoms with Gasteiger partial charge in [0.05, 0.1) is 25.3 Å². The first-order chi connectivity index (χ1) is 9.70. The average Bonchev–Trinajstić information content (AvgIpc) is 2.44. The van der Waals surface area contributed by atoms with Gasteiger partial charge in [0.15, 0.2) is 0 Å². The van der Waals surface area contributed by atoms with E-state index in [9.17, 15) is 9.90 Å². The van der Waals surface area contributed by atoms with E-state index in [4.69, 9.17) is 9.84 Å². The van der Waals surface area contributed by atoms with Crippen LogP contribution in [0.15, 0.2) is 0 Å². The zero-order valence-corrected chi connectivity index (χ0v) is 15.9. The van der Waals surface area contributed by atoms with Crippen LogP contribution in [0.1, 0.15) is 77.6 Å². The molecule has 0 fully saturated rings. The minimum atomic E-state index is -1.23. The van der Waals surface area contributed by atoms with Crippen LogP contribution in [0, 0.1) is 0 Å². The third kappa shape index (κ3) is 18.3. The molecule has 0 saturated heterocycles. The van der Waals surface area contributed by atoms with Crippen LogP contribution in [0.25, 0.3) is 0 Å². The molecule has 0 radical (unpaired) electrons. The monoisotopic (exact) mass is 310 g/mol. The van der Waals surface area contributed by atoms with E-state index in [1.165, 1.54) is 51.4 Å². The predicted octanol–water partition coefficient (Wildman–Crippen LogP) is -0.571. The molecule has 0 heterocycles. The molecule has 21 heavy (non-hydrogen) atoms. The number of unbranched alkanes of at least 4 members (excludes halogenated alkanes) is 9. The van der Waals surface area contributed by atoms with E-state index >= 15 is 0 Å². The van der Waals surface area contributed by atoms with Gasteiger partial charge in [0.2, 0.25) is 0 Å². The minimum Gasteiger partial charge on any atom is -0.548 e. The molecule has 0 bridgehead atoms. The van der Waals surface area contributed by atoms with Crippen LogP contribution in [0.3, 0.4) is 0 Å². The number of carbonyl (C=O) groups excluding carboxylic acids is 1. The van der Waals surface area contributed by atoms with Gasteiger partial charge >= 0.3 is 29.6 Å². The Balaban J connectivity index is 0. The number of aliphatic hydroxyl groups is 1. The van der Waals surface area contributed by atoms with Crippen molar-refractivity contribution in [1.29, 1.82) is 0 Å². The van der Waals surface area contributed by atoms with Crippen molar-refractivity contribution in [1.82, 2.24) is 0 Å². The molecule has 0 rings (SSSR count). The summed E-state index contributed by atoms with van der Waals surface area (Å²) >= 11 is 0. The van der Waals surface area contributed by atoms with E-state index in [0.717, 1.165) is 19.3 Å². The summed E-state index contributed by atoms with van der Waals surface area (Å²) in [5, 5.41) is 19.3. The van der Waals surface area contributed by atoms with Crippen LogP contribution >= 0.6 is 0 Å². The largest absolute Gasteiger partial charge is 1.00 e. The molecule has 1 N–H and O–H groups in total. The molecule has 0 aliphatic heterocycles. The molecule has 1 atom stereocenters. The van der Waals surface area contributed by atoms with E-state index in [0.29, 0.717) is 0 Å². The first kappa shape index (κ1) is 23.7.